The molecule has 0 saturated carbocycles. The summed E-state index contributed by atoms with van der Waals surface area (Å²) < 4.78 is 0. The number of nitriles is 1. The second kappa shape index (κ2) is 8.65. The molecule has 25 heavy (non-hydrogen) atoms. The third kappa shape index (κ3) is 5.78. The molecule has 2 N–H and O–H groups in total. The van der Waals surface area contributed by atoms with Crippen LogP contribution in [0.3, 0.4) is 0 Å². The zero-order valence-electron chi connectivity index (χ0n) is 14.4. The lowest BCUT2D eigenvalue weighted by atomic mass is 10.1. The molecule has 0 fully saturated rings. The van der Waals surface area contributed by atoms with Gasteiger partial charge in [-0.3, -0.25) is 9.59 Å². The van der Waals surface area contributed by atoms with Gasteiger partial charge in [0.1, 0.15) is 0 Å². The molecule has 0 bridgehead atoms. The minimum Gasteiger partial charge on any atom is -0.350 e. The number of carbonyl (C=O) groups is 2. The van der Waals surface area contributed by atoms with Gasteiger partial charge in [0, 0.05) is 19.0 Å². The average Bonchev–Trinajstić information content (AvgIpc) is 2.60. The van der Waals surface area contributed by atoms with Crippen molar-refractivity contribution in [1.82, 2.24) is 5.32 Å². The highest BCUT2D eigenvalue weighted by Gasteiger charge is 2.10. The number of carbonyl (C=O) groups excluding carboxylic acids is 2. The van der Waals surface area contributed by atoms with Crippen LogP contribution in [0.5, 0.6) is 0 Å². The molecule has 128 valence electrons. The topological polar surface area (TPSA) is 82.0 Å². The van der Waals surface area contributed by atoms with Crippen molar-refractivity contribution in [2.75, 3.05) is 5.32 Å². The maximum Gasteiger partial charge on any atom is 0.221 e. The van der Waals surface area contributed by atoms with Crippen molar-refractivity contribution < 1.29 is 9.59 Å². The third-order valence-electron chi connectivity index (χ3n) is 3.81. The van der Waals surface area contributed by atoms with Crippen molar-refractivity contribution in [2.24, 2.45) is 0 Å². The lowest BCUT2D eigenvalue weighted by Gasteiger charge is -2.15. The maximum absolute atomic E-state index is 12.2. The number of benzene rings is 2. The van der Waals surface area contributed by atoms with Gasteiger partial charge in [-0.2, -0.15) is 5.26 Å². The van der Waals surface area contributed by atoms with Crippen molar-refractivity contribution in [3.8, 4) is 6.07 Å². The summed E-state index contributed by atoms with van der Waals surface area (Å²) in [6, 6.07) is 16.6. The first-order valence-corrected chi connectivity index (χ1v) is 8.14. The summed E-state index contributed by atoms with van der Waals surface area (Å²) in [5.41, 5.74) is 3.27. The van der Waals surface area contributed by atoms with E-state index < -0.39 is 0 Å². The molecule has 0 aliphatic carbocycles. The fourth-order valence-corrected chi connectivity index (χ4v) is 2.49. The Bertz CT molecular complexity index is 791. The molecule has 1 atom stereocenters. The average molecular weight is 335 g/mol. The highest BCUT2D eigenvalue weighted by Crippen LogP contribution is 2.17. The fourth-order valence-electron chi connectivity index (χ4n) is 2.49. The number of nitrogens with one attached hydrogen (secondary N) is 2. The van der Waals surface area contributed by atoms with E-state index >= 15 is 0 Å². The summed E-state index contributed by atoms with van der Waals surface area (Å²) in [6.45, 7) is 3.37. The third-order valence-corrected chi connectivity index (χ3v) is 3.81. The number of hydrogen-bond acceptors (Lipinski definition) is 3. The van der Waals surface area contributed by atoms with Gasteiger partial charge in [0.25, 0.3) is 0 Å². The Labute approximate surface area is 147 Å². The maximum atomic E-state index is 12.2. The summed E-state index contributed by atoms with van der Waals surface area (Å²) in [6.07, 6.45) is 0.998. The van der Waals surface area contributed by atoms with Gasteiger partial charge >= 0.3 is 0 Å². The number of rotatable bonds is 6. The second-order valence-electron chi connectivity index (χ2n) is 5.90. The Morgan fingerprint density at radius 3 is 2.52 bits per heavy atom. The lowest BCUT2D eigenvalue weighted by Crippen LogP contribution is -2.26. The summed E-state index contributed by atoms with van der Waals surface area (Å²) in [5.74, 6) is -0.168. The molecule has 0 spiro atoms. The van der Waals surface area contributed by atoms with Crippen molar-refractivity contribution in [2.45, 2.75) is 32.7 Å². The number of anilines is 1. The van der Waals surface area contributed by atoms with Crippen molar-refractivity contribution in [3.05, 3.63) is 65.2 Å². The minimum absolute atomic E-state index is 0.0400. The Balaban J connectivity index is 1.89. The molecule has 0 aliphatic rings. The summed E-state index contributed by atoms with van der Waals surface area (Å²) in [5, 5.41) is 14.5. The van der Waals surface area contributed by atoms with Gasteiger partial charge in [-0.25, -0.2) is 0 Å². The van der Waals surface area contributed by atoms with Crippen molar-refractivity contribution >= 4 is 17.5 Å². The van der Waals surface area contributed by atoms with Gasteiger partial charge in [-0.05, 0) is 48.7 Å². The number of nitrogens with zero attached hydrogens (tertiary/aromatic N) is 1. The molecule has 5 nitrogen and oxygen atoms in total. The molecule has 5 heteroatoms. The number of hydrogen-bond donors (Lipinski definition) is 2. The summed E-state index contributed by atoms with van der Waals surface area (Å²) >= 11 is 0. The Morgan fingerprint density at radius 2 is 1.88 bits per heavy atom. The first kappa shape index (κ1) is 18.2. The van der Waals surface area contributed by atoms with Crippen LogP contribution in [0, 0.1) is 11.3 Å². The van der Waals surface area contributed by atoms with Crippen LogP contribution in [0.4, 0.5) is 5.69 Å². The second-order valence-corrected chi connectivity index (χ2v) is 5.90. The SMILES string of the molecule is CC(=O)Nc1cccc(C(C)NC(=O)CCc2ccc(C#N)cc2)c1. The van der Waals surface area contributed by atoms with Crippen LogP contribution in [0.15, 0.2) is 48.5 Å². The first-order chi connectivity index (χ1) is 12.0. The van der Waals surface area contributed by atoms with E-state index in [1.165, 1.54) is 6.92 Å². The molecule has 2 aromatic rings. The number of amides is 2. The van der Waals surface area contributed by atoms with E-state index in [1.807, 2.05) is 43.3 Å². The minimum atomic E-state index is -0.151. The van der Waals surface area contributed by atoms with Crippen molar-refractivity contribution in [1.29, 1.82) is 5.26 Å². The van der Waals surface area contributed by atoms with E-state index in [-0.39, 0.29) is 17.9 Å². The van der Waals surface area contributed by atoms with E-state index in [9.17, 15) is 9.59 Å². The molecule has 0 heterocycles. The molecule has 0 aliphatic heterocycles. The predicted octanol–water partition coefficient (Wildman–Crippen LogP) is 3.33. The Hall–Kier alpha value is -3.13. The van der Waals surface area contributed by atoms with Crippen LogP contribution < -0.4 is 10.6 Å². The zero-order valence-corrected chi connectivity index (χ0v) is 14.4. The largest absolute Gasteiger partial charge is 0.350 e. The van der Waals surface area contributed by atoms with E-state index in [0.29, 0.717) is 24.1 Å². The highest BCUT2D eigenvalue weighted by atomic mass is 16.2. The lowest BCUT2D eigenvalue weighted by molar-refractivity contribution is -0.121. The quantitative estimate of drug-likeness (QED) is 0.849. The van der Waals surface area contributed by atoms with E-state index in [4.69, 9.17) is 5.26 Å². The van der Waals surface area contributed by atoms with Crippen LogP contribution in [0.2, 0.25) is 0 Å². The number of aryl methyl sites for hydroxylation is 1. The van der Waals surface area contributed by atoms with Gasteiger partial charge in [0.05, 0.1) is 17.7 Å². The zero-order chi connectivity index (χ0) is 18.2. The van der Waals surface area contributed by atoms with Gasteiger partial charge in [-0.15, -0.1) is 0 Å². The Kier molecular flexibility index (Phi) is 6.30. The van der Waals surface area contributed by atoms with E-state index in [2.05, 4.69) is 16.7 Å². The molecular weight excluding hydrogens is 314 g/mol. The van der Waals surface area contributed by atoms with E-state index in [0.717, 1.165) is 11.1 Å². The van der Waals surface area contributed by atoms with Gasteiger partial charge < -0.3 is 10.6 Å². The summed E-state index contributed by atoms with van der Waals surface area (Å²) in [4.78, 5) is 23.3. The van der Waals surface area contributed by atoms with Gasteiger partial charge in [0.15, 0.2) is 0 Å². The molecule has 0 radical (unpaired) electrons. The highest BCUT2D eigenvalue weighted by molar-refractivity contribution is 5.88. The van der Waals surface area contributed by atoms with Crippen LogP contribution in [0.25, 0.3) is 0 Å². The van der Waals surface area contributed by atoms with Gasteiger partial charge in [0.2, 0.25) is 11.8 Å². The molecule has 2 amide bonds. The molecule has 1 unspecified atom stereocenters. The van der Waals surface area contributed by atoms with Crippen LogP contribution >= 0.6 is 0 Å². The molecule has 0 aromatic heterocycles. The monoisotopic (exact) mass is 335 g/mol. The molecule has 0 saturated heterocycles. The first-order valence-electron chi connectivity index (χ1n) is 8.14. The predicted molar refractivity (Wildman–Crippen MR) is 96.8 cm³/mol. The van der Waals surface area contributed by atoms with Gasteiger partial charge in [-0.1, -0.05) is 24.3 Å². The fraction of sp³-hybridized carbons (Fsp3) is 0.250. The van der Waals surface area contributed by atoms with Crippen LogP contribution in [0.1, 0.15) is 43.0 Å². The Morgan fingerprint density at radius 1 is 1.16 bits per heavy atom. The normalized spacial score (nSPS) is 11.2. The smallest absolute Gasteiger partial charge is 0.221 e. The van der Waals surface area contributed by atoms with E-state index in [1.54, 1.807) is 12.1 Å². The van der Waals surface area contributed by atoms with Crippen LogP contribution in [-0.2, 0) is 16.0 Å². The summed E-state index contributed by atoms with van der Waals surface area (Å²) in [7, 11) is 0. The standard InChI is InChI=1S/C20H21N3O2/c1-14(18-4-3-5-19(12-18)23-15(2)24)22-20(25)11-10-16-6-8-17(13-21)9-7-16/h3-9,12,14H,10-11H2,1-2H3,(H,22,25)(H,23,24). The van der Waals surface area contributed by atoms with Crippen molar-refractivity contribution in [3.63, 3.8) is 0 Å². The molecule has 2 aromatic carbocycles. The molecule has 2 rings (SSSR count). The van der Waals surface area contributed by atoms with Crippen LogP contribution in [-0.4, -0.2) is 11.8 Å². The molecular formula is C20H21N3O2.